The molecule has 0 bridgehead atoms. The molecule has 2 amide bonds. The van der Waals surface area contributed by atoms with Crippen LogP contribution in [0.1, 0.15) is 38.7 Å². The van der Waals surface area contributed by atoms with Gasteiger partial charge >= 0.3 is 0 Å². The summed E-state index contributed by atoms with van der Waals surface area (Å²) < 4.78 is 7.11. The molecular weight excluding hydrogens is 546 g/mol. The van der Waals surface area contributed by atoms with Crippen LogP contribution in [0.3, 0.4) is 0 Å². The number of hydrogen-bond donors (Lipinski definition) is 3. The standard InChI is InChI=1S/C31H43N9O3/c1-8-17-32-28-23(13-10-9-11-18-33-29(42)22(2)39(5)27(41)14-12-19-38(3)4)21-34-31(36-28)35-24-15-16-25-26(20-24)40(6)37-30(25)43-7/h12,14-16,20-22H,8-9,11,17-19H2,1-7H3,(H,33,42)(H2,32,34,35,36)/b14-12+/t22-/m0/s1. The van der Waals surface area contributed by atoms with Crippen LogP contribution in [0.15, 0.2) is 36.5 Å². The third-order valence-corrected chi connectivity index (χ3v) is 6.64. The van der Waals surface area contributed by atoms with Crippen LogP contribution in [0.5, 0.6) is 5.88 Å². The molecule has 3 N–H and O–H groups in total. The van der Waals surface area contributed by atoms with Gasteiger partial charge in [0, 0.05) is 51.9 Å². The number of nitrogens with one attached hydrogen (secondary N) is 3. The lowest BCUT2D eigenvalue weighted by atomic mass is 10.2. The highest BCUT2D eigenvalue weighted by Crippen LogP contribution is 2.28. The van der Waals surface area contributed by atoms with Crippen molar-refractivity contribution in [3.05, 3.63) is 42.1 Å². The zero-order valence-electron chi connectivity index (χ0n) is 26.2. The Hall–Kier alpha value is -4.63. The van der Waals surface area contributed by atoms with Crippen LogP contribution in [-0.4, -0.2) is 95.3 Å². The van der Waals surface area contributed by atoms with Gasteiger partial charge in [0.15, 0.2) is 0 Å². The molecule has 230 valence electrons. The first kappa shape index (κ1) is 32.9. The van der Waals surface area contributed by atoms with Crippen LogP contribution in [0, 0.1) is 11.8 Å². The summed E-state index contributed by atoms with van der Waals surface area (Å²) in [5, 5.41) is 14.8. The van der Waals surface area contributed by atoms with Crippen molar-refractivity contribution in [2.45, 2.75) is 39.2 Å². The largest absolute Gasteiger partial charge is 0.479 e. The molecule has 43 heavy (non-hydrogen) atoms. The second kappa shape index (κ2) is 16.1. The fourth-order valence-electron chi connectivity index (χ4n) is 4.04. The molecule has 1 aromatic carbocycles. The van der Waals surface area contributed by atoms with Crippen LogP contribution in [-0.2, 0) is 16.6 Å². The number of ether oxygens (including phenoxy) is 1. The minimum absolute atomic E-state index is 0.200. The molecule has 0 unspecified atom stereocenters. The summed E-state index contributed by atoms with van der Waals surface area (Å²) in [6.45, 7) is 5.66. The molecule has 0 saturated carbocycles. The Morgan fingerprint density at radius 1 is 1.21 bits per heavy atom. The molecule has 0 aliphatic carbocycles. The second-order valence-corrected chi connectivity index (χ2v) is 10.4. The number of amides is 2. The number of anilines is 3. The van der Waals surface area contributed by atoms with E-state index in [1.54, 1.807) is 38.0 Å². The maximum Gasteiger partial charge on any atom is 0.246 e. The molecule has 0 spiro atoms. The van der Waals surface area contributed by atoms with Crippen molar-refractivity contribution in [1.82, 2.24) is 34.9 Å². The van der Waals surface area contributed by atoms with Crippen molar-refractivity contribution < 1.29 is 14.3 Å². The van der Waals surface area contributed by atoms with E-state index in [0.29, 0.717) is 49.1 Å². The average molecular weight is 590 g/mol. The number of nitrogens with zero attached hydrogens (tertiary/aromatic N) is 6. The molecule has 0 aliphatic heterocycles. The highest BCUT2D eigenvalue weighted by molar-refractivity contribution is 5.92. The minimum atomic E-state index is -0.576. The summed E-state index contributed by atoms with van der Waals surface area (Å²) in [4.78, 5) is 37.3. The van der Waals surface area contributed by atoms with Gasteiger partial charge < -0.3 is 30.5 Å². The lowest BCUT2D eigenvalue weighted by Gasteiger charge is -2.23. The van der Waals surface area contributed by atoms with E-state index in [4.69, 9.17) is 4.74 Å². The van der Waals surface area contributed by atoms with Gasteiger partial charge in [0.2, 0.25) is 23.6 Å². The zero-order valence-corrected chi connectivity index (χ0v) is 26.2. The Morgan fingerprint density at radius 3 is 2.72 bits per heavy atom. The monoisotopic (exact) mass is 589 g/mol. The van der Waals surface area contributed by atoms with Crippen LogP contribution in [0.4, 0.5) is 17.5 Å². The number of hydrogen-bond acceptors (Lipinski definition) is 9. The summed E-state index contributed by atoms with van der Waals surface area (Å²) >= 11 is 0. The molecular formula is C31H43N9O3. The molecule has 0 aliphatic rings. The van der Waals surface area contributed by atoms with Gasteiger partial charge in [-0.1, -0.05) is 24.8 Å². The van der Waals surface area contributed by atoms with Gasteiger partial charge in [-0.2, -0.15) is 4.98 Å². The average Bonchev–Trinajstić information content (AvgIpc) is 3.31. The SMILES string of the molecule is CCCNc1nc(Nc2ccc3c(OC)nn(C)c3c2)ncc1C#CCCCNC(=O)[C@H](C)N(C)C(=O)/C=C/CN(C)C. The van der Waals surface area contributed by atoms with Crippen molar-refractivity contribution in [2.75, 3.05) is 58.5 Å². The summed E-state index contributed by atoms with van der Waals surface area (Å²) in [5.74, 6) is 7.59. The van der Waals surface area contributed by atoms with E-state index in [1.807, 2.05) is 44.2 Å². The van der Waals surface area contributed by atoms with Gasteiger partial charge in [-0.3, -0.25) is 14.3 Å². The summed E-state index contributed by atoms with van der Waals surface area (Å²) in [7, 11) is 8.95. The van der Waals surface area contributed by atoms with E-state index >= 15 is 0 Å². The number of carbonyl (C=O) groups is 2. The number of fused-ring (bicyclic) bond motifs is 1. The van der Waals surface area contributed by atoms with Gasteiger partial charge in [0.1, 0.15) is 11.9 Å². The van der Waals surface area contributed by atoms with E-state index in [0.717, 1.165) is 29.6 Å². The maximum absolute atomic E-state index is 12.5. The number of carbonyl (C=O) groups excluding carboxylic acids is 2. The maximum atomic E-state index is 12.5. The van der Waals surface area contributed by atoms with Crippen molar-refractivity contribution in [3.63, 3.8) is 0 Å². The van der Waals surface area contributed by atoms with Crippen LogP contribution < -0.4 is 20.7 Å². The molecule has 12 heteroatoms. The summed E-state index contributed by atoms with van der Waals surface area (Å²) in [6, 6.07) is 5.28. The third-order valence-electron chi connectivity index (χ3n) is 6.64. The first-order chi connectivity index (χ1) is 20.6. The van der Waals surface area contributed by atoms with E-state index in [2.05, 4.69) is 49.8 Å². The van der Waals surface area contributed by atoms with Crippen molar-refractivity contribution in [2.24, 2.45) is 7.05 Å². The molecule has 2 heterocycles. The Balaban J connectivity index is 1.55. The lowest BCUT2D eigenvalue weighted by Crippen LogP contribution is -2.45. The zero-order chi connectivity index (χ0) is 31.4. The number of aromatic nitrogens is 4. The highest BCUT2D eigenvalue weighted by Gasteiger charge is 2.20. The highest BCUT2D eigenvalue weighted by atomic mass is 16.5. The molecule has 0 fully saturated rings. The molecule has 3 aromatic rings. The number of unbranched alkanes of at least 4 members (excludes halogenated alkanes) is 1. The van der Waals surface area contributed by atoms with Crippen LogP contribution in [0.2, 0.25) is 0 Å². The van der Waals surface area contributed by atoms with Crippen LogP contribution in [0.25, 0.3) is 10.9 Å². The van der Waals surface area contributed by atoms with Gasteiger partial charge in [-0.25, -0.2) is 4.98 Å². The van der Waals surface area contributed by atoms with Gasteiger partial charge in [-0.05, 0) is 52.1 Å². The number of likely N-dealkylation sites (N-methyl/N-ethyl adjacent to an activating group) is 2. The molecule has 2 aromatic heterocycles. The first-order valence-corrected chi connectivity index (χ1v) is 14.4. The van der Waals surface area contributed by atoms with Crippen molar-refractivity contribution >= 4 is 40.2 Å². The predicted octanol–water partition coefficient (Wildman–Crippen LogP) is 3.15. The first-order valence-electron chi connectivity index (χ1n) is 14.4. The Labute approximate surface area is 253 Å². The number of methoxy groups -OCH3 is 1. The Kier molecular flexibility index (Phi) is 12.3. The van der Waals surface area contributed by atoms with E-state index in [9.17, 15) is 9.59 Å². The fraction of sp³-hybridized carbons (Fsp3) is 0.452. The van der Waals surface area contributed by atoms with E-state index in [1.165, 1.54) is 11.0 Å². The topological polar surface area (TPSA) is 130 Å². The van der Waals surface area contributed by atoms with Crippen molar-refractivity contribution in [1.29, 1.82) is 0 Å². The normalized spacial score (nSPS) is 11.7. The second-order valence-electron chi connectivity index (χ2n) is 10.4. The predicted molar refractivity (Wildman–Crippen MR) is 170 cm³/mol. The number of rotatable bonds is 14. The minimum Gasteiger partial charge on any atom is -0.479 e. The summed E-state index contributed by atoms with van der Waals surface area (Å²) in [6.07, 6.45) is 7.16. The van der Waals surface area contributed by atoms with E-state index < -0.39 is 6.04 Å². The molecule has 3 rings (SSSR count). The quantitative estimate of drug-likeness (QED) is 0.148. The third kappa shape index (κ3) is 9.44. The van der Waals surface area contributed by atoms with Gasteiger partial charge in [-0.15, -0.1) is 5.10 Å². The molecule has 12 nitrogen and oxygen atoms in total. The Bertz CT molecular complexity index is 1490. The number of aryl methyl sites for hydroxylation is 1. The summed E-state index contributed by atoms with van der Waals surface area (Å²) in [5.41, 5.74) is 2.45. The van der Waals surface area contributed by atoms with E-state index in [-0.39, 0.29) is 11.8 Å². The smallest absolute Gasteiger partial charge is 0.246 e. The van der Waals surface area contributed by atoms with Gasteiger partial charge in [0.05, 0.1) is 29.8 Å². The molecule has 0 radical (unpaired) electrons. The van der Waals surface area contributed by atoms with Crippen molar-refractivity contribution in [3.8, 4) is 17.7 Å². The lowest BCUT2D eigenvalue weighted by molar-refractivity contribution is -0.135. The van der Waals surface area contributed by atoms with Crippen LogP contribution >= 0.6 is 0 Å². The number of benzene rings is 1. The molecule has 0 saturated heterocycles. The Morgan fingerprint density at radius 2 is 2.00 bits per heavy atom. The van der Waals surface area contributed by atoms with Gasteiger partial charge in [0.25, 0.3) is 0 Å². The molecule has 1 atom stereocenters. The fourth-order valence-corrected chi connectivity index (χ4v) is 4.04.